The molecule has 2 rings (SSSR count). The van der Waals surface area contributed by atoms with Crippen molar-refractivity contribution < 1.29 is 0 Å². The lowest BCUT2D eigenvalue weighted by atomic mass is 9.69. The van der Waals surface area contributed by atoms with E-state index in [4.69, 9.17) is 0 Å². The highest BCUT2D eigenvalue weighted by Crippen LogP contribution is 2.53. The highest BCUT2D eigenvalue weighted by Gasteiger charge is 2.42. The van der Waals surface area contributed by atoms with Crippen molar-refractivity contribution in [2.75, 3.05) is 0 Å². The van der Waals surface area contributed by atoms with Crippen LogP contribution in [-0.2, 0) is 0 Å². The van der Waals surface area contributed by atoms with Gasteiger partial charge in [-0.3, -0.25) is 0 Å². The second-order valence-corrected chi connectivity index (χ2v) is 5.28. The first-order valence-corrected chi connectivity index (χ1v) is 5.73. The summed E-state index contributed by atoms with van der Waals surface area (Å²) in [6.45, 7) is 5.03. The van der Waals surface area contributed by atoms with E-state index in [0.29, 0.717) is 0 Å². The molecule has 0 amide bonds. The van der Waals surface area contributed by atoms with Crippen molar-refractivity contribution in [1.29, 1.82) is 0 Å². The van der Waals surface area contributed by atoms with Crippen LogP contribution in [0, 0.1) is 17.3 Å². The Balaban J connectivity index is 2.07. The van der Waals surface area contributed by atoms with Crippen LogP contribution in [-0.4, -0.2) is 0 Å². The molecule has 2 fully saturated rings. The third-order valence-electron chi connectivity index (χ3n) is 4.77. The van der Waals surface area contributed by atoms with Crippen molar-refractivity contribution in [3.63, 3.8) is 0 Å². The molecule has 2 aliphatic rings. The molecule has 70 valence electrons. The van der Waals surface area contributed by atoms with Gasteiger partial charge in [-0.2, -0.15) is 0 Å². The van der Waals surface area contributed by atoms with Crippen LogP contribution >= 0.6 is 0 Å². The molecule has 0 bridgehead atoms. The topological polar surface area (TPSA) is 0 Å². The molecular formula is C12H22. The molecule has 0 aliphatic heterocycles. The highest BCUT2D eigenvalue weighted by atomic mass is 14.5. The smallest absolute Gasteiger partial charge is 0.0272 e. The lowest BCUT2D eigenvalue weighted by Gasteiger charge is -2.35. The van der Waals surface area contributed by atoms with Gasteiger partial charge in [0.05, 0.1) is 0 Å². The van der Waals surface area contributed by atoms with E-state index >= 15 is 0 Å². The van der Waals surface area contributed by atoms with Crippen LogP contribution in [0.4, 0.5) is 0 Å². The molecule has 0 radical (unpaired) electrons. The summed E-state index contributed by atoms with van der Waals surface area (Å²) in [6.07, 6.45) is 10.6. The molecule has 0 saturated heterocycles. The van der Waals surface area contributed by atoms with Gasteiger partial charge in [0, 0.05) is 0 Å². The van der Waals surface area contributed by atoms with Gasteiger partial charge in [0.1, 0.15) is 0 Å². The van der Waals surface area contributed by atoms with E-state index < -0.39 is 0 Å². The quantitative estimate of drug-likeness (QED) is 0.552. The third-order valence-corrected chi connectivity index (χ3v) is 4.77. The molecule has 0 N–H and O–H groups in total. The fraction of sp³-hybridized carbons (Fsp3) is 1.00. The Morgan fingerprint density at radius 1 is 1.00 bits per heavy atom. The van der Waals surface area contributed by atoms with E-state index in [0.717, 1.165) is 17.3 Å². The first-order valence-electron chi connectivity index (χ1n) is 5.73. The van der Waals surface area contributed by atoms with E-state index in [9.17, 15) is 0 Å². The minimum absolute atomic E-state index is 0.733. The largest absolute Gasteiger partial charge is 0.0620 e. The van der Waals surface area contributed by atoms with Crippen molar-refractivity contribution >= 4 is 0 Å². The van der Waals surface area contributed by atoms with Crippen LogP contribution in [0.5, 0.6) is 0 Å². The standard InChI is InChI=1S/C12H22/c1-10-6-5-9-12(10,2)11-7-3-4-8-11/h10-11H,3-9H2,1-2H3. The highest BCUT2D eigenvalue weighted by molar-refractivity contribution is 4.93. The average molecular weight is 166 g/mol. The van der Waals surface area contributed by atoms with Crippen LogP contribution in [0.2, 0.25) is 0 Å². The summed E-state index contributed by atoms with van der Waals surface area (Å²) < 4.78 is 0. The van der Waals surface area contributed by atoms with Crippen LogP contribution in [0.15, 0.2) is 0 Å². The molecule has 0 aromatic heterocycles. The summed E-state index contributed by atoms with van der Waals surface area (Å²) in [7, 11) is 0. The Labute approximate surface area is 76.7 Å². The Bertz CT molecular complexity index is 155. The molecule has 2 atom stereocenters. The van der Waals surface area contributed by atoms with Gasteiger partial charge < -0.3 is 0 Å². The van der Waals surface area contributed by atoms with Gasteiger partial charge in [0.2, 0.25) is 0 Å². The minimum atomic E-state index is 0.733. The second kappa shape index (κ2) is 3.05. The maximum Gasteiger partial charge on any atom is -0.0272 e. The Kier molecular flexibility index (Phi) is 2.18. The summed E-state index contributed by atoms with van der Waals surface area (Å²) in [5.41, 5.74) is 0.733. The van der Waals surface area contributed by atoms with Gasteiger partial charge >= 0.3 is 0 Å². The lowest BCUT2D eigenvalue weighted by Crippen LogP contribution is -2.27. The molecule has 12 heavy (non-hydrogen) atoms. The van der Waals surface area contributed by atoms with Gasteiger partial charge in [-0.15, -0.1) is 0 Å². The second-order valence-electron chi connectivity index (χ2n) is 5.28. The lowest BCUT2D eigenvalue weighted by molar-refractivity contribution is 0.137. The van der Waals surface area contributed by atoms with E-state index in [1.54, 1.807) is 0 Å². The SMILES string of the molecule is CC1CCCC1(C)C1CCCC1. The molecule has 2 aliphatic carbocycles. The summed E-state index contributed by atoms with van der Waals surface area (Å²) >= 11 is 0. The number of hydrogen-bond donors (Lipinski definition) is 0. The molecule has 2 unspecified atom stereocenters. The normalized spacial score (nSPS) is 44.0. The van der Waals surface area contributed by atoms with Crippen LogP contribution < -0.4 is 0 Å². The fourth-order valence-corrected chi connectivity index (χ4v) is 3.56. The predicted molar refractivity (Wildman–Crippen MR) is 53.1 cm³/mol. The van der Waals surface area contributed by atoms with Crippen molar-refractivity contribution in [1.82, 2.24) is 0 Å². The van der Waals surface area contributed by atoms with Gasteiger partial charge in [-0.25, -0.2) is 0 Å². The zero-order chi connectivity index (χ0) is 8.60. The van der Waals surface area contributed by atoms with Crippen molar-refractivity contribution in [2.24, 2.45) is 17.3 Å². The molecule has 0 nitrogen and oxygen atoms in total. The van der Waals surface area contributed by atoms with E-state index in [2.05, 4.69) is 13.8 Å². The van der Waals surface area contributed by atoms with Gasteiger partial charge in [0.15, 0.2) is 0 Å². The molecular weight excluding hydrogens is 144 g/mol. The fourth-order valence-electron chi connectivity index (χ4n) is 3.56. The Hall–Kier alpha value is 0. The molecule has 0 spiro atoms. The molecule has 2 saturated carbocycles. The van der Waals surface area contributed by atoms with Crippen LogP contribution in [0.25, 0.3) is 0 Å². The van der Waals surface area contributed by atoms with Crippen LogP contribution in [0.1, 0.15) is 58.8 Å². The maximum atomic E-state index is 2.56. The van der Waals surface area contributed by atoms with Gasteiger partial charge in [-0.05, 0) is 36.5 Å². The summed E-state index contributed by atoms with van der Waals surface area (Å²) in [4.78, 5) is 0. The van der Waals surface area contributed by atoms with Gasteiger partial charge in [0.25, 0.3) is 0 Å². The monoisotopic (exact) mass is 166 g/mol. The molecule has 0 aromatic rings. The number of rotatable bonds is 1. The summed E-state index contributed by atoms with van der Waals surface area (Å²) in [6, 6.07) is 0. The first-order chi connectivity index (χ1) is 5.73. The summed E-state index contributed by atoms with van der Waals surface area (Å²) in [5.74, 6) is 2.08. The van der Waals surface area contributed by atoms with E-state index in [1.165, 1.54) is 44.9 Å². The molecule has 0 heteroatoms. The van der Waals surface area contributed by atoms with Gasteiger partial charge in [-0.1, -0.05) is 39.5 Å². The van der Waals surface area contributed by atoms with Crippen molar-refractivity contribution in [3.05, 3.63) is 0 Å². The zero-order valence-corrected chi connectivity index (χ0v) is 8.60. The predicted octanol–water partition coefficient (Wildman–Crippen LogP) is 4.00. The Morgan fingerprint density at radius 3 is 2.17 bits per heavy atom. The van der Waals surface area contributed by atoms with Crippen molar-refractivity contribution in [3.8, 4) is 0 Å². The Morgan fingerprint density at radius 2 is 1.67 bits per heavy atom. The van der Waals surface area contributed by atoms with E-state index in [1.807, 2.05) is 0 Å². The van der Waals surface area contributed by atoms with Crippen molar-refractivity contribution in [2.45, 2.75) is 58.8 Å². The average Bonchev–Trinajstić information content (AvgIpc) is 2.62. The van der Waals surface area contributed by atoms with E-state index in [-0.39, 0.29) is 0 Å². The minimum Gasteiger partial charge on any atom is -0.0620 e. The maximum absolute atomic E-state index is 2.56. The number of hydrogen-bond acceptors (Lipinski definition) is 0. The molecule has 0 heterocycles. The molecule has 0 aromatic carbocycles. The summed E-state index contributed by atoms with van der Waals surface area (Å²) in [5, 5.41) is 0. The third kappa shape index (κ3) is 1.20. The first kappa shape index (κ1) is 8.59. The zero-order valence-electron chi connectivity index (χ0n) is 8.60. The van der Waals surface area contributed by atoms with Crippen LogP contribution in [0.3, 0.4) is 0 Å².